The summed E-state index contributed by atoms with van der Waals surface area (Å²) in [7, 11) is 0.463. The molecule has 0 spiro atoms. The fraction of sp³-hybridized carbons (Fsp3) is 0.680. The molecule has 2 heterocycles. The molecule has 1 atom stereocenters. The molecule has 1 amide bonds. The summed E-state index contributed by atoms with van der Waals surface area (Å²) in [6, 6.07) is 5.25. The molecule has 8 nitrogen and oxygen atoms in total. The molecule has 1 aliphatic rings. The van der Waals surface area contributed by atoms with Gasteiger partial charge in [0.1, 0.15) is 11.4 Å². The van der Waals surface area contributed by atoms with E-state index in [2.05, 4.69) is 30.2 Å². The van der Waals surface area contributed by atoms with Gasteiger partial charge in [0.25, 0.3) is 0 Å². The maximum atomic E-state index is 13.4. The van der Waals surface area contributed by atoms with Gasteiger partial charge in [0.2, 0.25) is 0 Å². The Bertz CT molecular complexity index is 1140. The van der Waals surface area contributed by atoms with E-state index in [1.54, 1.807) is 32.9 Å². The number of amides is 1. The Morgan fingerprint density at radius 3 is 2.44 bits per heavy atom. The van der Waals surface area contributed by atoms with Crippen LogP contribution in [0.25, 0.3) is 11.0 Å². The normalized spacial score (nSPS) is 17.7. The molecule has 0 N–H and O–H groups in total. The van der Waals surface area contributed by atoms with E-state index in [4.69, 9.17) is 9.72 Å². The quantitative estimate of drug-likeness (QED) is 0.607. The summed E-state index contributed by atoms with van der Waals surface area (Å²) in [6.45, 7) is 14.1. The van der Waals surface area contributed by atoms with Gasteiger partial charge >= 0.3 is 6.09 Å². The Labute approximate surface area is 204 Å². The maximum absolute atomic E-state index is 13.4. The van der Waals surface area contributed by atoms with Crippen LogP contribution in [0.5, 0.6) is 0 Å². The summed E-state index contributed by atoms with van der Waals surface area (Å²) in [5.74, 6) is 0.968. The first kappa shape index (κ1) is 26.5. The van der Waals surface area contributed by atoms with Crippen molar-refractivity contribution in [3.05, 3.63) is 24.0 Å². The minimum Gasteiger partial charge on any atom is -0.444 e. The highest BCUT2D eigenvalue weighted by atomic mass is 32.2. The number of nitrogens with zero attached hydrogens (tertiary/aromatic N) is 4. The summed E-state index contributed by atoms with van der Waals surface area (Å²) >= 11 is 0. The number of imidazole rings is 1. The van der Waals surface area contributed by atoms with Crippen LogP contribution in [0.4, 0.5) is 4.79 Å². The Balaban J connectivity index is 1.89. The molecular formula is C25H40N4O4S. The number of likely N-dealkylation sites (N-methyl/N-ethyl adjacent to an activating group) is 1. The average Bonchev–Trinajstić information content (AvgIpc) is 3.28. The molecule has 34 heavy (non-hydrogen) atoms. The molecule has 0 bridgehead atoms. The van der Waals surface area contributed by atoms with Gasteiger partial charge in [-0.25, -0.2) is 18.2 Å². The third-order valence-electron chi connectivity index (χ3n) is 5.82. The van der Waals surface area contributed by atoms with Crippen molar-refractivity contribution in [3.63, 3.8) is 0 Å². The minimum absolute atomic E-state index is 0.0567. The molecular weight excluding hydrogens is 452 g/mol. The predicted octanol–water partition coefficient (Wildman–Crippen LogP) is 3.97. The first-order valence-electron chi connectivity index (χ1n) is 11.9. The van der Waals surface area contributed by atoms with E-state index in [1.165, 1.54) is 4.90 Å². The molecule has 2 aromatic rings. The minimum atomic E-state index is -3.61. The lowest BCUT2D eigenvalue weighted by Gasteiger charge is -2.24. The highest BCUT2D eigenvalue weighted by molar-refractivity contribution is 7.92. The van der Waals surface area contributed by atoms with Gasteiger partial charge in [-0.05, 0) is 64.9 Å². The van der Waals surface area contributed by atoms with Crippen LogP contribution in [0.1, 0.15) is 53.8 Å². The lowest BCUT2D eigenvalue weighted by molar-refractivity contribution is 0.0295. The van der Waals surface area contributed by atoms with Crippen LogP contribution >= 0.6 is 0 Å². The van der Waals surface area contributed by atoms with Gasteiger partial charge in [-0.3, -0.25) is 0 Å². The van der Waals surface area contributed by atoms with Gasteiger partial charge in [-0.1, -0.05) is 20.8 Å². The lowest BCUT2D eigenvalue weighted by atomic mass is 9.92. The monoisotopic (exact) mass is 492 g/mol. The zero-order valence-corrected chi connectivity index (χ0v) is 22.7. The number of benzene rings is 1. The number of hydrogen-bond acceptors (Lipinski definition) is 6. The van der Waals surface area contributed by atoms with Crippen LogP contribution in [0, 0.1) is 5.41 Å². The van der Waals surface area contributed by atoms with Crippen LogP contribution in [0.15, 0.2) is 23.1 Å². The molecule has 3 rings (SSSR count). The van der Waals surface area contributed by atoms with Crippen molar-refractivity contribution in [1.82, 2.24) is 19.4 Å². The average molecular weight is 493 g/mol. The number of carbonyl (C=O) groups excluding carboxylic acids is 1. The first-order chi connectivity index (χ1) is 15.6. The van der Waals surface area contributed by atoms with Crippen LogP contribution in [0.2, 0.25) is 0 Å². The molecule has 0 radical (unpaired) electrons. The standard InChI is InChI=1S/C25H40N4O4S/c1-24(2,3)16-22-26-20-15-18(9-10-21(20)29(22)14-13-27(7)8)34(31,32)19-11-12-28(17-19)23(30)33-25(4,5)6/h9-10,15,19H,11-14,16-17H2,1-8H3/t19-/m0/s1. The molecule has 0 unspecified atom stereocenters. The number of aromatic nitrogens is 2. The van der Waals surface area contributed by atoms with Crippen LogP contribution in [-0.2, 0) is 27.5 Å². The van der Waals surface area contributed by atoms with Crippen LogP contribution in [0.3, 0.4) is 0 Å². The van der Waals surface area contributed by atoms with Gasteiger partial charge in [-0.2, -0.15) is 0 Å². The maximum Gasteiger partial charge on any atom is 0.410 e. The van der Waals surface area contributed by atoms with Crippen LogP contribution in [-0.4, -0.2) is 78.4 Å². The van der Waals surface area contributed by atoms with E-state index >= 15 is 0 Å². The molecule has 190 valence electrons. The van der Waals surface area contributed by atoms with Crippen molar-refractivity contribution < 1.29 is 17.9 Å². The number of likely N-dealkylation sites (tertiary alicyclic amines) is 1. The van der Waals surface area contributed by atoms with E-state index in [9.17, 15) is 13.2 Å². The summed E-state index contributed by atoms with van der Waals surface area (Å²) in [5.41, 5.74) is 1.08. The molecule has 1 saturated heterocycles. The third kappa shape index (κ3) is 6.30. The number of ether oxygens (including phenoxy) is 1. The zero-order valence-electron chi connectivity index (χ0n) is 21.9. The van der Waals surface area contributed by atoms with Gasteiger partial charge < -0.3 is 19.1 Å². The fourth-order valence-electron chi connectivity index (χ4n) is 4.16. The van der Waals surface area contributed by atoms with E-state index < -0.39 is 26.8 Å². The molecule has 0 saturated carbocycles. The van der Waals surface area contributed by atoms with Gasteiger partial charge in [0, 0.05) is 32.6 Å². The summed E-state index contributed by atoms with van der Waals surface area (Å²) in [5, 5.41) is -0.651. The molecule has 1 fully saturated rings. The molecule has 1 aliphatic heterocycles. The van der Waals surface area contributed by atoms with Crippen molar-refractivity contribution in [2.45, 2.75) is 76.7 Å². The van der Waals surface area contributed by atoms with E-state index in [0.29, 0.717) is 18.5 Å². The summed E-state index contributed by atoms with van der Waals surface area (Å²) < 4.78 is 34.5. The van der Waals surface area contributed by atoms with Crippen molar-refractivity contribution >= 4 is 27.0 Å². The third-order valence-corrected chi connectivity index (χ3v) is 8.00. The Morgan fingerprint density at radius 2 is 1.85 bits per heavy atom. The number of hydrogen-bond donors (Lipinski definition) is 0. The zero-order chi connectivity index (χ0) is 25.5. The molecule has 1 aromatic heterocycles. The molecule has 1 aromatic carbocycles. The van der Waals surface area contributed by atoms with Crippen molar-refractivity contribution in [2.75, 3.05) is 33.7 Å². The van der Waals surface area contributed by atoms with Gasteiger partial charge in [0.15, 0.2) is 9.84 Å². The number of carbonyl (C=O) groups is 1. The first-order valence-corrected chi connectivity index (χ1v) is 13.5. The molecule has 0 aliphatic carbocycles. The Kier molecular flexibility index (Phi) is 7.39. The highest BCUT2D eigenvalue weighted by Crippen LogP contribution is 2.29. The number of rotatable bonds is 6. The summed E-state index contributed by atoms with van der Waals surface area (Å²) in [6.07, 6.45) is 0.726. The smallest absolute Gasteiger partial charge is 0.410 e. The SMILES string of the molecule is CN(C)CCn1c(CC(C)(C)C)nc2cc(S(=O)(=O)[C@H]3CCN(C(=O)OC(C)(C)C)C3)ccc21. The topological polar surface area (TPSA) is 84.7 Å². The Morgan fingerprint density at radius 1 is 1.18 bits per heavy atom. The van der Waals surface area contributed by atoms with E-state index in [0.717, 1.165) is 30.9 Å². The van der Waals surface area contributed by atoms with Gasteiger partial charge in [-0.15, -0.1) is 0 Å². The second kappa shape index (κ2) is 9.49. The lowest BCUT2D eigenvalue weighted by Crippen LogP contribution is -2.36. The summed E-state index contributed by atoms with van der Waals surface area (Å²) in [4.78, 5) is 21.1. The fourth-order valence-corrected chi connectivity index (χ4v) is 5.87. The van der Waals surface area contributed by atoms with E-state index in [1.807, 2.05) is 20.2 Å². The molecule has 9 heteroatoms. The number of fused-ring (bicyclic) bond motifs is 1. The van der Waals surface area contributed by atoms with E-state index in [-0.39, 0.29) is 16.9 Å². The number of sulfone groups is 1. The predicted molar refractivity (Wildman–Crippen MR) is 135 cm³/mol. The van der Waals surface area contributed by atoms with Crippen LogP contribution < -0.4 is 0 Å². The van der Waals surface area contributed by atoms with Crippen molar-refractivity contribution in [1.29, 1.82) is 0 Å². The van der Waals surface area contributed by atoms with Gasteiger partial charge in [0.05, 0.1) is 21.2 Å². The Hall–Kier alpha value is -2.13. The second-order valence-electron chi connectivity index (χ2n) is 11.8. The second-order valence-corrected chi connectivity index (χ2v) is 14.0. The largest absolute Gasteiger partial charge is 0.444 e. The van der Waals surface area contributed by atoms with Crippen molar-refractivity contribution in [3.8, 4) is 0 Å². The van der Waals surface area contributed by atoms with Crippen molar-refractivity contribution in [2.24, 2.45) is 5.41 Å². The highest BCUT2D eigenvalue weighted by Gasteiger charge is 2.38.